The van der Waals surface area contributed by atoms with Crippen LogP contribution in [0, 0.1) is 0 Å². The molecule has 1 aromatic heterocycles. The molecule has 0 spiro atoms. The lowest BCUT2D eigenvalue weighted by Crippen LogP contribution is -1.98. The molecule has 0 aliphatic carbocycles. The molecular weight excluding hydrogens is 312 g/mol. The maximum Gasteiger partial charge on any atom is 0.205 e. The largest absolute Gasteiger partial charge is 0.491 e. The Morgan fingerprint density at radius 3 is 2.95 bits per heavy atom. The van der Waals surface area contributed by atoms with Crippen LogP contribution in [0.4, 0.5) is 10.9 Å². The van der Waals surface area contributed by atoms with Crippen LogP contribution < -0.4 is 20.6 Å². The monoisotopic (exact) mass is 326 g/mol. The predicted octanol–water partition coefficient (Wildman–Crippen LogP) is 3.23. The first-order valence-electron chi connectivity index (χ1n) is 6.14. The molecule has 0 fully saturated rings. The fourth-order valence-electron chi connectivity index (χ4n) is 1.62. The molecule has 0 amide bonds. The van der Waals surface area contributed by atoms with Crippen LogP contribution in [-0.4, -0.2) is 24.9 Å². The number of benzene rings is 1. The number of hydrazone groups is 1. The molecule has 0 aliphatic heterocycles. The van der Waals surface area contributed by atoms with Crippen molar-refractivity contribution in [3.05, 3.63) is 28.1 Å². The summed E-state index contributed by atoms with van der Waals surface area (Å²) in [6.45, 7) is 2.41. The average molecular weight is 327 g/mol. The van der Waals surface area contributed by atoms with Gasteiger partial charge in [-0.2, -0.15) is 5.10 Å². The van der Waals surface area contributed by atoms with E-state index in [-0.39, 0.29) is 0 Å². The summed E-state index contributed by atoms with van der Waals surface area (Å²) in [5, 5.41) is 6.90. The minimum absolute atomic E-state index is 0.461. The van der Waals surface area contributed by atoms with E-state index in [1.807, 2.05) is 6.92 Å². The number of nitrogens with zero attached hydrogens (tertiary/aromatic N) is 2. The Hall–Kier alpha value is -1.99. The minimum atomic E-state index is 0.461. The number of ether oxygens (including phenoxy) is 2. The van der Waals surface area contributed by atoms with Crippen LogP contribution in [0.25, 0.3) is 0 Å². The molecule has 112 valence electrons. The molecule has 0 aliphatic rings. The van der Waals surface area contributed by atoms with Gasteiger partial charge in [-0.25, -0.2) is 4.98 Å². The van der Waals surface area contributed by atoms with Crippen molar-refractivity contribution >= 4 is 40.1 Å². The highest BCUT2D eigenvalue weighted by molar-refractivity contribution is 7.14. The van der Waals surface area contributed by atoms with Crippen molar-refractivity contribution in [3.63, 3.8) is 0 Å². The number of aromatic nitrogens is 1. The Kier molecular flexibility index (Phi) is 5.24. The van der Waals surface area contributed by atoms with Gasteiger partial charge in [0.15, 0.2) is 11.5 Å². The van der Waals surface area contributed by atoms with Crippen LogP contribution in [0.1, 0.15) is 12.5 Å². The van der Waals surface area contributed by atoms with Crippen LogP contribution >= 0.6 is 22.9 Å². The first-order chi connectivity index (χ1) is 10.1. The summed E-state index contributed by atoms with van der Waals surface area (Å²) < 4.78 is 10.7. The molecule has 2 rings (SSSR count). The van der Waals surface area contributed by atoms with Crippen LogP contribution in [0.15, 0.2) is 22.6 Å². The van der Waals surface area contributed by atoms with Crippen LogP contribution in [-0.2, 0) is 0 Å². The van der Waals surface area contributed by atoms with Crippen molar-refractivity contribution in [1.29, 1.82) is 0 Å². The number of methoxy groups -OCH3 is 1. The molecule has 1 aromatic carbocycles. The van der Waals surface area contributed by atoms with Gasteiger partial charge >= 0.3 is 0 Å². The fourth-order valence-corrected chi connectivity index (χ4v) is 2.47. The zero-order chi connectivity index (χ0) is 15.2. The van der Waals surface area contributed by atoms with Gasteiger partial charge in [-0.3, -0.25) is 5.43 Å². The highest BCUT2D eigenvalue weighted by Gasteiger charge is 2.10. The van der Waals surface area contributed by atoms with E-state index >= 15 is 0 Å². The second-order valence-electron chi connectivity index (χ2n) is 3.91. The van der Waals surface area contributed by atoms with E-state index in [1.54, 1.807) is 30.8 Å². The third-order valence-corrected chi connectivity index (χ3v) is 3.48. The van der Waals surface area contributed by atoms with Crippen LogP contribution in [0.3, 0.4) is 0 Å². The van der Waals surface area contributed by atoms with Gasteiger partial charge in [0.1, 0.15) is 5.82 Å². The predicted molar refractivity (Wildman–Crippen MR) is 86.9 cm³/mol. The van der Waals surface area contributed by atoms with Gasteiger partial charge in [0.25, 0.3) is 0 Å². The molecule has 0 bridgehead atoms. The zero-order valence-electron chi connectivity index (χ0n) is 11.6. The normalized spacial score (nSPS) is 10.8. The van der Waals surface area contributed by atoms with Gasteiger partial charge in [0, 0.05) is 5.38 Å². The van der Waals surface area contributed by atoms with E-state index in [2.05, 4.69) is 15.5 Å². The van der Waals surface area contributed by atoms with Gasteiger partial charge in [-0.15, -0.1) is 11.3 Å². The molecule has 2 aromatic rings. The molecule has 0 saturated heterocycles. The highest BCUT2D eigenvalue weighted by atomic mass is 35.5. The first kappa shape index (κ1) is 15.4. The van der Waals surface area contributed by atoms with Crippen molar-refractivity contribution in [3.8, 4) is 11.5 Å². The lowest BCUT2D eigenvalue weighted by molar-refractivity contribution is 0.311. The summed E-state index contributed by atoms with van der Waals surface area (Å²) in [5.74, 6) is 1.55. The third-order valence-electron chi connectivity index (χ3n) is 2.43. The van der Waals surface area contributed by atoms with E-state index < -0.39 is 0 Å². The second-order valence-corrected chi connectivity index (χ2v) is 5.18. The molecule has 0 unspecified atom stereocenters. The van der Waals surface area contributed by atoms with E-state index in [1.165, 1.54) is 11.3 Å². The Morgan fingerprint density at radius 1 is 1.52 bits per heavy atom. The van der Waals surface area contributed by atoms with Crippen molar-refractivity contribution in [2.75, 3.05) is 24.9 Å². The zero-order valence-corrected chi connectivity index (χ0v) is 13.2. The average Bonchev–Trinajstić information content (AvgIpc) is 2.85. The number of hydrogen-bond donors (Lipinski definition) is 2. The summed E-state index contributed by atoms with van der Waals surface area (Å²) in [5.41, 5.74) is 9.10. The SMILES string of the molecule is CCOc1cc(C=NNc2nc(N)cs2)cc(Cl)c1OC. The van der Waals surface area contributed by atoms with Crippen LogP contribution in [0.2, 0.25) is 5.02 Å². The number of halogens is 1. The molecule has 6 nitrogen and oxygen atoms in total. The maximum absolute atomic E-state index is 6.16. The molecule has 3 N–H and O–H groups in total. The van der Waals surface area contributed by atoms with Crippen molar-refractivity contribution in [2.24, 2.45) is 5.10 Å². The number of nitrogens with two attached hydrogens (primary N) is 1. The van der Waals surface area contributed by atoms with Gasteiger partial charge in [-0.05, 0) is 24.6 Å². The highest BCUT2D eigenvalue weighted by Crippen LogP contribution is 2.35. The number of hydrogen-bond acceptors (Lipinski definition) is 7. The third kappa shape index (κ3) is 3.99. The molecular formula is C13H15ClN4O2S. The van der Waals surface area contributed by atoms with E-state index in [4.69, 9.17) is 26.8 Å². The van der Waals surface area contributed by atoms with Gasteiger partial charge in [-0.1, -0.05) is 11.6 Å². The van der Waals surface area contributed by atoms with Gasteiger partial charge in [0.05, 0.1) is 25.0 Å². The Balaban J connectivity index is 2.15. The number of anilines is 2. The molecule has 0 radical (unpaired) electrons. The second kappa shape index (κ2) is 7.14. The lowest BCUT2D eigenvalue weighted by Gasteiger charge is -2.11. The quantitative estimate of drug-likeness (QED) is 0.629. The lowest BCUT2D eigenvalue weighted by atomic mass is 10.2. The van der Waals surface area contributed by atoms with E-state index in [9.17, 15) is 0 Å². The Bertz CT molecular complexity index is 645. The molecule has 0 saturated carbocycles. The van der Waals surface area contributed by atoms with E-state index in [0.29, 0.717) is 34.1 Å². The summed E-state index contributed by atoms with van der Waals surface area (Å²) >= 11 is 7.53. The number of nitrogen functional groups attached to an aromatic ring is 1. The summed E-state index contributed by atoms with van der Waals surface area (Å²) in [6, 6.07) is 3.54. The van der Waals surface area contributed by atoms with E-state index in [0.717, 1.165) is 5.56 Å². The summed E-state index contributed by atoms with van der Waals surface area (Å²) in [4.78, 5) is 4.03. The number of thiazole rings is 1. The first-order valence-corrected chi connectivity index (χ1v) is 7.40. The Morgan fingerprint density at radius 2 is 2.33 bits per heavy atom. The fraction of sp³-hybridized carbons (Fsp3) is 0.231. The summed E-state index contributed by atoms with van der Waals surface area (Å²) in [6.07, 6.45) is 1.62. The Labute approximate surface area is 131 Å². The molecule has 1 heterocycles. The standard InChI is InChI=1S/C13H15ClN4O2S/c1-3-20-10-5-8(4-9(14)12(10)19-2)6-16-18-13-17-11(15)7-21-13/h4-7H,3,15H2,1-2H3,(H,17,18). The number of rotatable bonds is 6. The minimum Gasteiger partial charge on any atom is -0.491 e. The molecule has 0 atom stereocenters. The topological polar surface area (TPSA) is 81.8 Å². The van der Waals surface area contributed by atoms with Crippen molar-refractivity contribution in [2.45, 2.75) is 6.92 Å². The van der Waals surface area contributed by atoms with Crippen molar-refractivity contribution in [1.82, 2.24) is 4.98 Å². The summed E-state index contributed by atoms with van der Waals surface area (Å²) in [7, 11) is 1.55. The van der Waals surface area contributed by atoms with Crippen molar-refractivity contribution < 1.29 is 9.47 Å². The van der Waals surface area contributed by atoms with Crippen LogP contribution in [0.5, 0.6) is 11.5 Å². The maximum atomic E-state index is 6.16. The smallest absolute Gasteiger partial charge is 0.205 e. The molecule has 8 heteroatoms. The molecule has 21 heavy (non-hydrogen) atoms. The van der Waals surface area contributed by atoms with Gasteiger partial charge in [0.2, 0.25) is 5.13 Å². The van der Waals surface area contributed by atoms with Gasteiger partial charge < -0.3 is 15.2 Å². The number of nitrogens with one attached hydrogen (secondary N) is 1.